The Balaban J connectivity index is 2.08. The van der Waals surface area contributed by atoms with E-state index in [9.17, 15) is 4.79 Å². The van der Waals surface area contributed by atoms with Crippen LogP contribution in [0.4, 0.5) is 0 Å². The molecule has 17 heavy (non-hydrogen) atoms. The van der Waals surface area contributed by atoms with Crippen molar-refractivity contribution in [1.29, 1.82) is 0 Å². The summed E-state index contributed by atoms with van der Waals surface area (Å²) in [6.07, 6.45) is 2.74. The molecule has 0 atom stereocenters. The lowest BCUT2D eigenvalue weighted by atomic mass is 10.1. The van der Waals surface area contributed by atoms with Gasteiger partial charge in [-0.25, -0.2) is 0 Å². The van der Waals surface area contributed by atoms with Gasteiger partial charge in [0, 0.05) is 25.6 Å². The van der Waals surface area contributed by atoms with Gasteiger partial charge in [-0.1, -0.05) is 24.3 Å². The molecule has 1 aliphatic rings. The van der Waals surface area contributed by atoms with Crippen LogP contribution in [0.5, 0.6) is 0 Å². The van der Waals surface area contributed by atoms with E-state index in [1.165, 1.54) is 11.1 Å². The van der Waals surface area contributed by atoms with Crippen molar-refractivity contribution in [2.75, 3.05) is 6.54 Å². The van der Waals surface area contributed by atoms with Crippen molar-refractivity contribution >= 4 is 5.91 Å². The molecule has 92 valence electrons. The SMILES string of the molecule is Cc1ccccc1CN(C(=O)CCN)C1CC1. The Kier molecular flexibility index (Phi) is 3.79. The highest BCUT2D eigenvalue weighted by Gasteiger charge is 2.32. The van der Waals surface area contributed by atoms with Crippen LogP contribution in [-0.4, -0.2) is 23.4 Å². The van der Waals surface area contributed by atoms with Crippen LogP contribution in [0, 0.1) is 6.92 Å². The summed E-state index contributed by atoms with van der Waals surface area (Å²) in [5, 5.41) is 0. The number of nitrogens with zero attached hydrogens (tertiary/aromatic N) is 1. The molecular formula is C14H20N2O. The smallest absolute Gasteiger partial charge is 0.224 e. The van der Waals surface area contributed by atoms with Gasteiger partial charge in [0.1, 0.15) is 0 Å². The summed E-state index contributed by atoms with van der Waals surface area (Å²) in [5.74, 6) is 0.193. The third kappa shape index (κ3) is 3.07. The van der Waals surface area contributed by atoms with Crippen molar-refractivity contribution in [3.63, 3.8) is 0 Å². The van der Waals surface area contributed by atoms with Gasteiger partial charge in [0.05, 0.1) is 0 Å². The summed E-state index contributed by atoms with van der Waals surface area (Å²) in [7, 11) is 0. The highest BCUT2D eigenvalue weighted by atomic mass is 16.2. The van der Waals surface area contributed by atoms with Gasteiger partial charge in [-0.15, -0.1) is 0 Å². The summed E-state index contributed by atoms with van der Waals surface area (Å²) >= 11 is 0. The first-order valence-electron chi connectivity index (χ1n) is 6.26. The van der Waals surface area contributed by atoms with E-state index >= 15 is 0 Å². The van der Waals surface area contributed by atoms with Gasteiger partial charge < -0.3 is 10.6 Å². The van der Waals surface area contributed by atoms with Crippen molar-refractivity contribution in [3.8, 4) is 0 Å². The summed E-state index contributed by atoms with van der Waals surface area (Å²) < 4.78 is 0. The fourth-order valence-corrected chi connectivity index (χ4v) is 2.05. The van der Waals surface area contributed by atoms with Gasteiger partial charge in [0.25, 0.3) is 0 Å². The van der Waals surface area contributed by atoms with Gasteiger partial charge >= 0.3 is 0 Å². The number of hydrogen-bond acceptors (Lipinski definition) is 2. The average Bonchev–Trinajstić information content (AvgIpc) is 3.12. The number of aryl methyl sites for hydroxylation is 1. The van der Waals surface area contributed by atoms with E-state index in [1.807, 2.05) is 17.0 Å². The van der Waals surface area contributed by atoms with Crippen molar-refractivity contribution in [2.45, 2.75) is 38.8 Å². The first kappa shape index (κ1) is 12.1. The normalized spacial score (nSPS) is 14.7. The molecule has 1 aliphatic carbocycles. The average molecular weight is 232 g/mol. The topological polar surface area (TPSA) is 46.3 Å². The summed E-state index contributed by atoms with van der Waals surface area (Å²) in [5.41, 5.74) is 7.95. The van der Waals surface area contributed by atoms with E-state index in [0.717, 1.165) is 19.4 Å². The van der Waals surface area contributed by atoms with Gasteiger partial charge in [0.15, 0.2) is 0 Å². The number of carbonyl (C=O) groups excluding carboxylic acids is 1. The van der Waals surface area contributed by atoms with E-state index in [2.05, 4.69) is 19.1 Å². The fraction of sp³-hybridized carbons (Fsp3) is 0.500. The number of carbonyl (C=O) groups is 1. The first-order valence-corrected chi connectivity index (χ1v) is 6.26. The zero-order valence-electron chi connectivity index (χ0n) is 10.4. The van der Waals surface area contributed by atoms with Gasteiger partial charge in [-0.2, -0.15) is 0 Å². The molecule has 3 heteroatoms. The predicted molar refractivity (Wildman–Crippen MR) is 68.4 cm³/mol. The Hall–Kier alpha value is -1.35. The van der Waals surface area contributed by atoms with E-state index in [4.69, 9.17) is 5.73 Å². The van der Waals surface area contributed by atoms with Crippen molar-refractivity contribution in [2.24, 2.45) is 5.73 Å². The summed E-state index contributed by atoms with van der Waals surface area (Å²) in [6, 6.07) is 8.70. The maximum Gasteiger partial charge on any atom is 0.224 e. The molecule has 0 bridgehead atoms. The molecule has 0 aromatic heterocycles. The molecule has 0 unspecified atom stereocenters. The third-order valence-corrected chi connectivity index (χ3v) is 3.27. The van der Waals surface area contributed by atoms with E-state index < -0.39 is 0 Å². The third-order valence-electron chi connectivity index (χ3n) is 3.27. The second-order valence-corrected chi connectivity index (χ2v) is 4.72. The van der Waals surface area contributed by atoms with Crippen LogP contribution >= 0.6 is 0 Å². The molecule has 1 amide bonds. The number of rotatable bonds is 5. The molecule has 2 N–H and O–H groups in total. The highest BCUT2D eigenvalue weighted by Crippen LogP contribution is 2.29. The molecule has 0 radical (unpaired) electrons. The lowest BCUT2D eigenvalue weighted by molar-refractivity contribution is -0.132. The standard InChI is InChI=1S/C14H20N2O/c1-11-4-2-3-5-12(11)10-16(13-6-7-13)14(17)8-9-15/h2-5,13H,6-10,15H2,1H3. The largest absolute Gasteiger partial charge is 0.335 e. The van der Waals surface area contributed by atoms with Crippen LogP contribution in [0.1, 0.15) is 30.4 Å². The van der Waals surface area contributed by atoms with Crippen LogP contribution in [-0.2, 0) is 11.3 Å². The molecular weight excluding hydrogens is 212 g/mol. The minimum atomic E-state index is 0.193. The predicted octanol–water partition coefficient (Wildman–Crippen LogP) is 1.83. The number of benzene rings is 1. The Morgan fingerprint density at radius 1 is 1.41 bits per heavy atom. The Bertz CT molecular complexity index is 399. The second-order valence-electron chi connectivity index (χ2n) is 4.72. The van der Waals surface area contributed by atoms with Crippen LogP contribution in [0.3, 0.4) is 0 Å². The van der Waals surface area contributed by atoms with E-state index in [0.29, 0.717) is 19.0 Å². The molecule has 0 spiro atoms. The maximum absolute atomic E-state index is 12.0. The van der Waals surface area contributed by atoms with Gasteiger partial charge in [-0.3, -0.25) is 4.79 Å². The Morgan fingerprint density at radius 2 is 2.12 bits per heavy atom. The van der Waals surface area contributed by atoms with Crippen molar-refractivity contribution in [3.05, 3.63) is 35.4 Å². The molecule has 0 heterocycles. The van der Waals surface area contributed by atoms with Crippen LogP contribution in [0.15, 0.2) is 24.3 Å². The quantitative estimate of drug-likeness (QED) is 0.842. The minimum absolute atomic E-state index is 0.193. The number of nitrogens with two attached hydrogens (primary N) is 1. The van der Waals surface area contributed by atoms with Crippen LogP contribution in [0.2, 0.25) is 0 Å². The molecule has 3 nitrogen and oxygen atoms in total. The summed E-state index contributed by atoms with van der Waals surface area (Å²) in [4.78, 5) is 14.0. The molecule has 0 saturated heterocycles. The van der Waals surface area contributed by atoms with Crippen LogP contribution in [0.25, 0.3) is 0 Å². The molecule has 2 rings (SSSR count). The second kappa shape index (κ2) is 5.32. The number of hydrogen-bond donors (Lipinski definition) is 1. The number of amides is 1. The highest BCUT2D eigenvalue weighted by molar-refractivity contribution is 5.77. The zero-order chi connectivity index (χ0) is 12.3. The maximum atomic E-state index is 12.0. The lowest BCUT2D eigenvalue weighted by Crippen LogP contribution is -2.34. The van der Waals surface area contributed by atoms with Crippen molar-refractivity contribution in [1.82, 2.24) is 4.90 Å². The molecule has 1 saturated carbocycles. The minimum Gasteiger partial charge on any atom is -0.335 e. The van der Waals surface area contributed by atoms with Gasteiger partial charge in [0.2, 0.25) is 5.91 Å². The van der Waals surface area contributed by atoms with E-state index in [-0.39, 0.29) is 5.91 Å². The summed E-state index contributed by atoms with van der Waals surface area (Å²) in [6.45, 7) is 3.26. The van der Waals surface area contributed by atoms with E-state index in [1.54, 1.807) is 0 Å². The molecule has 1 aromatic rings. The Labute approximate surface area is 103 Å². The van der Waals surface area contributed by atoms with Gasteiger partial charge in [-0.05, 0) is 30.9 Å². The monoisotopic (exact) mass is 232 g/mol. The molecule has 1 aromatic carbocycles. The Morgan fingerprint density at radius 3 is 2.71 bits per heavy atom. The molecule has 1 fully saturated rings. The zero-order valence-corrected chi connectivity index (χ0v) is 10.4. The first-order chi connectivity index (χ1) is 8.22. The van der Waals surface area contributed by atoms with Crippen LogP contribution < -0.4 is 5.73 Å². The lowest BCUT2D eigenvalue weighted by Gasteiger charge is -2.23. The molecule has 0 aliphatic heterocycles. The van der Waals surface area contributed by atoms with Crippen molar-refractivity contribution < 1.29 is 4.79 Å². The fourth-order valence-electron chi connectivity index (χ4n) is 2.05.